The highest BCUT2D eigenvalue weighted by molar-refractivity contribution is 6.04. The van der Waals surface area contributed by atoms with E-state index in [1.807, 2.05) is 25.1 Å². The normalized spacial score (nSPS) is 10.7. The molecule has 0 unspecified atom stereocenters. The third-order valence-corrected chi connectivity index (χ3v) is 4.09. The Bertz CT molecular complexity index is 1160. The number of hydrogen-bond acceptors (Lipinski definition) is 7. The van der Waals surface area contributed by atoms with Crippen molar-refractivity contribution >= 4 is 11.7 Å². The molecule has 1 N–H and O–H groups in total. The van der Waals surface area contributed by atoms with E-state index in [0.717, 1.165) is 23.5 Å². The molecule has 0 atom stereocenters. The van der Waals surface area contributed by atoms with Crippen molar-refractivity contribution in [3.8, 4) is 22.7 Å². The molecular formula is C19H12F2N6O2. The molecule has 3 heterocycles. The van der Waals surface area contributed by atoms with Crippen molar-refractivity contribution in [3.63, 3.8) is 0 Å². The molecule has 0 saturated heterocycles. The lowest BCUT2D eigenvalue weighted by molar-refractivity contribution is 0.101. The van der Waals surface area contributed by atoms with Crippen LogP contribution in [0.4, 0.5) is 14.6 Å². The van der Waals surface area contributed by atoms with Crippen molar-refractivity contribution in [2.75, 3.05) is 5.32 Å². The summed E-state index contributed by atoms with van der Waals surface area (Å²) >= 11 is 0. The summed E-state index contributed by atoms with van der Waals surface area (Å²) in [5.41, 5.74) is 2.21. The first-order valence-electron chi connectivity index (χ1n) is 8.33. The average Bonchev–Trinajstić information content (AvgIpc) is 3.24. The van der Waals surface area contributed by atoms with Gasteiger partial charge in [-0.2, -0.15) is 0 Å². The van der Waals surface area contributed by atoms with Crippen LogP contribution in [0.15, 0.2) is 53.8 Å². The van der Waals surface area contributed by atoms with Crippen LogP contribution in [0.3, 0.4) is 0 Å². The lowest BCUT2D eigenvalue weighted by Crippen LogP contribution is -2.17. The lowest BCUT2D eigenvalue weighted by atomic mass is 10.0. The van der Waals surface area contributed by atoms with E-state index in [0.29, 0.717) is 17.1 Å². The van der Waals surface area contributed by atoms with Crippen LogP contribution < -0.4 is 5.32 Å². The predicted molar refractivity (Wildman–Crippen MR) is 97.6 cm³/mol. The minimum atomic E-state index is -1.07. The molecule has 4 aromatic rings. The maximum Gasteiger partial charge on any atom is 0.262 e. The molecule has 0 fully saturated rings. The molecule has 1 aromatic carbocycles. The fraction of sp³-hybridized carbons (Fsp3) is 0.0526. The maximum atomic E-state index is 13.7. The van der Waals surface area contributed by atoms with Gasteiger partial charge in [-0.1, -0.05) is 6.07 Å². The van der Waals surface area contributed by atoms with E-state index in [1.165, 1.54) is 18.8 Å². The number of halogens is 2. The fourth-order valence-corrected chi connectivity index (χ4v) is 2.67. The van der Waals surface area contributed by atoms with Crippen molar-refractivity contribution in [1.82, 2.24) is 25.1 Å². The summed E-state index contributed by atoms with van der Waals surface area (Å²) in [6, 6.07) is 5.54. The molecule has 0 saturated carbocycles. The summed E-state index contributed by atoms with van der Waals surface area (Å²) in [6.07, 6.45) is 5.48. The van der Waals surface area contributed by atoms with E-state index < -0.39 is 23.1 Å². The van der Waals surface area contributed by atoms with Crippen LogP contribution in [0.5, 0.6) is 0 Å². The third-order valence-electron chi connectivity index (χ3n) is 4.09. The molecule has 0 aliphatic rings. The Morgan fingerprint density at radius 2 is 1.86 bits per heavy atom. The number of benzene rings is 1. The van der Waals surface area contributed by atoms with Crippen molar-refractivity contribution < 1.29 is 18.0 Å². The average molecular weight is 394 g/mol. The molecule has 0 radical (unpaired) electrons. The van der Waals surface area contributed by atoms with Gasteiger partial charge in [-0.05, 0) is 24.6 Å². The van der Waals surface area contributed by atoms with Gasteiger partial charge in [0.05, 0.1) is 30.5 Å². The number of carbonyl (C=O) groups excluding carboxylic acids is 1. The molecule has 4 rings (SSSR count). The number of amides is 1. The Hall–Kier alpha value is -4.08. The highest BCUT2D eigenvalue weighted by atomic mass is 19.1. The molecule has 0 bridgehead atoms. The van der Waals surface area contributed by atoms with Crippen molar-refractivity contribution in [2.24, 2.45) is 0 Å². The largest absolute Gasteiger partial charge is 0.423 e. The van der Waals surface area contributed by atoms with Gasteiger partial charge in [-0.3, -0.25) is 14.8 Å². The second-order valence-electron chi connectivity index (χ2n) is 5.99. The summed E-state index contributed by atoms with van der Waals surface area (Å²) in [5, 5.41) is 9.85. The summed E-state index contributed by atoms with van der Waals surface area (Å²) in [6.45, 7) is 1.90. The molecule has 1 amide bonds. The van der Waals surface area contributed by atoms with E-state index in [1.54, 1.807) is 0 Å². The van der Waals surface area contributed by atoms with Gasteiger partial charge < -0.3 is 9.73 Å². The molecule has 0 aliphatic carbocycles. The number of anilines is 1. The van der Waals surface area contributed by atoms with Crippen LogP contribution >= 0.6 is 0 Å². The molecule has 8 nitrogen and oxygen atoms in total. The maximum absolute atomic E-state index is 13.7. The van der Waals surface area contributed by atoms with Gasteiger partial charge in [0.25, 0.3) is 5.91 Å². The molecule has 0 spiro atoms. The van der Waals surface area contributed by atoms with Gasteiger partial charge in [0.15, 0.2) is 17.5 Å². The zero-order chi connectivity index (χ0) is 20.4. The Morgan fingerprint density at radius 3 is 2.52 bits per heavy atom. The van der Waals surface area contributed by atoms with Gasteiger partial charge in [-0.25, -0.2) is 13.8 Å². The van der Waals surface area contributed by atoms with Crippen molar-refractivity contribution in [3.05, 3.63) is 72.1 Å². The van der Waals surface area contributed by atoms with Crippen LogP contribution in [0.1, 0.15) is 15.9 Å². The third kappa shape index (κ3) is 3.68. The highest BCUT2D eigenvalue weighted by Gasteiger charge is 2.18. The molecular weight excluding hydrogens is 382 g/mol. The van der Waals surface area contributed by atoms with Crippen molar-refractivity contribution in [1.29, 1.82) is 0 Å². The van der Waals surface area contributed by atoms with Gasteiger partial charge in [-0.15, -0.1) is 10.2 Å². The zero-order valence-corrected chi connectivity index (χ0v) is 14.9. The monoisotopic (exact) mass is 394 g/mol. The Balaban J connectivity index is 1.59. The number of pyridine rings is 1. The topological polar surface area (TPSA) is 107 Å². The van der Waals surface area contributed by atoms with E-state index in [9.17, 15) is 13.6 Å². The molecule has 10 heteroatoms. The predicted octanol–water partition coefficient (Wildman–Crippen LogP) is 3.43. The number of carbonyl (C=O) groups is 1. The van der Waals surface area contributed by atoms with Crippen LogP contribution in [0, 0.1) is 18.6 Å². The van der Waals surface area contributed by atoms with E-state index in [-0.39, 0.29) is 5.82 Å². The van der Waals surface area contributed by atoms with E-state index in [4.69, 9.17) is 4.42 Å². The highest BCUT2D eigenvalue weighted by Crippen LogP contribution is 2.27. The molecule has 0 aliphatic heterocycles. The lowest BCUT2D eigenvalue weighted by Gasteiger charge is -2.09. The van der Waals surface area contributed by atoms with E-state index in [2.05, 4.69) is 30.5 Å². The number of hydrogen-bond donors (Lipinski definition) is 1. The standard InChI is InChI=1S/C19H12F2N6O2/c1-10-2-3-11(19-27-25-9-29-19)4-12(10)15-7-24-16(8-23-15)26-18(28)17-13(20)5-22-6-14(17)21/h2-9H,1H3,(H,24,26,28). The number of nitrogens with zero attached hydrogens (tertiary/aromatic N) is 5. The van der Waals surface area contributed by atoms with E-state index >= 15 is 0 Å². The Labute approximate surface area is 162 Å². The van der Waals surface area contributed by atoms with Crippen LogP contribution in [0.2, 0.25) is 0 Å². The molecule has 3 aromatic heterocycles. The van der Waals surface area contributed by atoms with Crippen molar-refractivity contribution in [2.45, 2.75) is 6.92 Å². The molecule has 29 heavy (non-hydrogen) atoms. The van der Waals surface area contributed by atoms with Gasteiger partial charge in [0.2, 0.25) is 12.3 Å². The first kappa shape index (κ1) is 18.3. The second-order valence-corrected chi connectivity index (χ2v) is 5.99. The smallest absolute Gasteiger partial charge is 0.262 e. The number of aryl methyl sites for hydroxylation is 1. The van der Waals surface area contributed by atoms with Gasteiger partial charge in [0, 0.05) is 11.1 Å². The SMILES string of the molecule is Cc1ccc(-c2nnco2)cc1-c1cnc(NC(=O)c2c(F)cncc2F)cn1. The molecule has 144 valence electrons. The first-order valence-corrected chi connectivity index (χ1v) is 8.33. The minimum Gasteiger partial charge on any atom is -0.423 e. The first-order chi connectivity index (χ1) is 14.0. The Morgan fingerprint density at radius 1 is 1.07 bits per heavy atom. The summed E-state index contributed by atoms with van der Waals surface area (Å²) in [4.78, 5) is 23.9. The number of aromatic nitrogens is 5. The number of rotatable bonds is 4. The van der Waals surface area contributed by atoms with Crippen LogP contribution in [0.25, 0.3) is 22.7 Å². The Kier molecular flexibility index (Phi) is 4.73. The quantitative estimate of drug-likeness (QED) is 0.565. The summed E-state index contributed by atoms with van der Waals surface area (Å²) in [7, 11) is 0. The van der Waals surface area contributed by atoms with Crippen LogP contribution in [-0.2, 0) is 0 Å². The van der Waals surface area contributed by atoms with Crippen LogP contribution in [-0.4, -0.2) is 31.1 Å². The number of nitrogens with one attached hydrogen (secondary N) is 1. The summed E-state index contributed by atoms with van der Waals surface area (Å²) < 4.78 is 32.5. The van der Waals surface area contributed by atoms with Gasteiger partial charge in [0.1, 0.15) is 5.56 Å². The second kappa shape index (κ2) is 7.50. The summed E-state index contributed by atoms with van der Waals surface area (Å²) in [5.74, 6) is -2.72. The minimum absolute atomic E-state index is 0.0417. The zero-order valence-electron chi connectivity index (χ0n) is 14.9. The fourth-order valence-electron chi connectivity index (χ4n) is 2.67. The van der Waals surface area contributed by atoms with Gasteiger partial charge >= 0.3 is 0 Å².